The van der Waals surface area contributed by atoms with Crippen molar-refractivity contribution in [3.8, 4) is 0 Å². The van der Waals surface area contributed by atoms with Crippen molar-refractivity contribution >= 4 is 17.8 Å². The molecular formula is C15H26N4OS. The molecule has 1 aromatic rings. The average molecular weight is 310 g/mol. The lowest BCUT2D eigenvalue weighted by molar-refractivity contribution is 0.196. The van der Waals surface area contributed by atoms with Gasteiger partial charge in [0.05, 0.1) is 11.7 Å². The number of urea groups is 1. The van der Waals surface area contributed by atoms with Gasteiger partial charge in [-0.3, -0.25) is 4.68 Å². The predicted molar refractivity (Wildman–Crippen MR) is 87.7 cm³/mol. The molecule has 0 aromatic carbocycles. The van der Waals surface area contributed by atoms with Gasteiger partial charge in [0.15, 0.2) is 0 Å². The van der Waals surface area contributed by atoms with Crippen LogP contribution in [0.25, 0.3) is 0 Å². The van der Waals surface area contributed by atoms with Crippen molar-refractivity contribution in [1.82, 2.24) is 20.0 Å². The minimum absolute atomic E-state index is 0.0131. The number of nitrogens with one attached hydrogen (secondary N) is 1. The van der Waals surface area contributed by atoms with Crippen LogP contribution in [0.5, 0.6) is 0 Å². The Hall–Kier alpha value is -1.17. The normalized spacial score (nSPS) is 20.4. The molecule has 1 aliphatic rings. The molecule has 1 aliphatic heterocycles. The van der Waals surface area contributed by atoms with Crippen LogP contribution in [0.1, 0.15) is 43.3 Å². The monoisotopic (exact) mass is 310 g/mol. The fourth-order valence-electron chi connectivity index (χ4n) is 2.92. The van der Waals surface area contributed by atoms with E-state index in [1.54, 1.807) is 0 Å². The Kier molecular flexibility index (Phi) is 5.19. The predicted octanol–water partition coefficient (Wildman–Crippen LogP) is 2.63. The molecule has 1 aromatic heterocycles. The van der Waals surface area contributed by atoms with Crippen molar-refractivity contribution in [2.45, 2.75) is 45.4 Å². The molecule has 2 heterocycles. The second-order valence-corrected chi connectivity index (χ2v) is 7.13. The Balaban J connectivity index is 2.02. The summed E-state index contributed by atoms with van der Waals surface area (Å²) in [6.45, 7) is 9.95. The number of hydrogen-bond acceptors (Lipinski definition) is 3. The van der Waals surface area contributed by atoms with Crippen molar-refractivity contribution in [3.05, 3.63) is 17.0 Å². The van der Waals surface area contributed by atoms with Gasteiger partial charge in [-0.25, -0.2) is 4.79 Å². The molecule has 1 saturated heterocycles. The van der Waals surface area contributed by atoms with E-state index >= 15 is 0 Å². The number of hydrogen-bond donors (Lipinski definition) is 1. The zero-order valence-corrected chi connectivity index (χ0v) is 14.5. The molecule has 2 atom stereocenters. The van der Waals surface area contributed by atoms with Gasteiger partial charge in [-0.2, -0.15) is 16.9 Å². The topological polar surface area (TPSA) is 50.2 Å². The summed E-state index contributed by atoms with van der Waals surface area (Å²) in [5, 5.41) is 8.13. The molecule has 1 fully saturated rings. The van der Waals surface area contributed by atoms with Crippen LogP contribution in [0.2, 0.25) is 0 Å². The molecule has 0 bridgehead atoms. The highest BCUT2D eigenvalue weighted by molar-refractivity contribution is 8.00. The van der Waals surface area contributed by atoms with Crippen LogP contribution in [-0.4, -0.2) is 44.8 Å². The van der Waals surface area contributed by atoms with E-state index in [4.69, 9.17) is 0 Å². The standard InChI is InChI=1S/C15H26N4OS/c1-6-13-9-19(7-8-21-13)15(20)16-10(2)14-11(3)17-18(5)12(14)4/h10,13H,6-9H2,1-5H3,(H,16,20)/t10-,13-/m0/s1. The van der Waals surface area contributed by atoms with Gasteiger partial charge in [-0.15, -0.1) is 0 Å². The third-order valence-corrected chi connectivity index (χ3v) is 5.59. The molecule has 1 N–H and O–H groups in total. The van der Waals surface area contributed by atoms with E-state index in [9.17, 15) is 4.79 Å². The molecule has 2 rings (SSSR count). The van der Waals surface area contributed by atoms with Crippen molar-refractivity contribution < 1.29 is 4.79 Å². The van der Waals surface area contributed by atoms with Gasteiger partial charge in [-0.1, -0.05) is 6.92 Å². The lowest BCUT2D eigenvalue weighted by Crippen LogP contribution is -2.47. The lowest BCUT2D eigenvalue weighted by atomic mass is 10.1. The van der Waals surface area contributed by atoms with Gasteiger partial charge in [0.2, 0.25) is 0 Å². The largest absolute Gasteiger partial charge is 0.331 e. The highest BCUT2D eigenvalue weighted by Gasteiger charge is 2.25. The van der Waals surface area contributed by atoms with Crippen LogP contribution in [0.4, 0.5) is 4.79 Å². The first-order valence-corrected chi connectivity index (χ1v) is 8.66. The van der Waals surface area contributed by atoms with Gasteiger partial charge < -0.3 is 10.2 Å². The molecule has 0 radical (unpaired) electrons. The fourth-order valence-corrected chi connectivity index (χ4v) is 4.10. The van der Waals surface area contributed by atoms with E-state index < -0.39 is 0 Å². The molecule has 0 spiro atoms. The van der Waals surface area contributed by atoms with Crippen molar-refractivity contribution in [2.75, 3.05) is 18.8 Å². The third-order valence-electron chi connectivity index (χ3n) is 4.22. The first-order valence-electron chi connectivity index (χ1n) is 7.61. The lowest BCUT2D eigenvalue weighted by Gasteiger charge is -2.32. The van der Waals surface area contributed by atoms with E-state index in [1.807, 2.05) is 49.2 Å². The second-order valence-electron chi connectivity index (χ2n) is 5.73. The highest BCUT2D eigenvalue weighted by atomic mass is 32.2. The molecule has 118 valence electrons. The molecule has 0 unspecified atom stereocenters. The quantitative estimate of drug-likeness (QED) is 0.934. The zero-order chi connectivity index (χ0) is 15.6. The number of carbonyl (C=O) groups excluding carboxylic acids is 1. The fraction of sp³-hybridized carbons (Fsp3) is 0.733. The Morgan fingerprint density at radius 2 is 2.24 bits per heavy atom. The number of nitrogens with zero attached hydrogens (tertiary/aromatic N) is 3. The third kappa shape index (κ3) is 3.54. The summed E-state index contributed by atoms with van der Waals surface area (Å²) in [4.78, 5) is 14.4. The maximum atomic E-state index is 12.5. The zero-order valence-electron chi connectivity index (χ0n) is 13.6. The van der Waals surface area contributed by atoms with Crippen LogP contribution in [-0.2, 0) is 7.05 Å². The van der Waals surface area contributed by atoms with E-state index in [1.165, 1.54) is 0 Å². The number of thioether (sulfide) groups is 1. The van der Waals surface area contributed by atoms with Crippen molar-refractivity contribution in [3.63, 3.8) is 0 Å². The summed E-state index contributed by atoms with van der Waals surface area (Å²) in [6.07, 6.45) is 1.12. The SMILES string of the molecule is CC[C@H]1CN(C(=O)N[C@@H](C)c2c(C)nn(C)c2C)CCS1. The summed E-state index contributed by atoms with van der Waals surface area (Å²) in [5.41, 5.74) is 3.23. The average Bonchev–Trinajstić information content (AvgIpc) is 2.72. The molecule has 0 saturated carbocycles. The molecular weight excluding hydrogens is 284 g/mol. The Morgan fingerprint density at radius 3 is 2.81 bits per heavy atom. The van der Waals surface area contributed by atoms with Crippen LogP contribution < -0.4 is 5.32 Å². The van der Waals surface area contributed by atoms with Crippen LogP contribution in [0.3, 0.4) is 0 Å². The van der Waals surface area contributed by atoms with Gasteiger partial charge in [-0.05, 0) is 27.2 Å². The van der Waals surface area contributed by atoms with E-state index in [0.29, 0.717) is 5.25 Å². The molecule has 2 amide bonds. The van der Waals surface area contributed by atoms with Crippen molar-refractivity contribution in [1.29, 1.82) is 0 Å². The number of aromatic nitrogens is 2. The smallest absolute Gasteiger partial charge is 0.317 e. The first kappa shape index (κ1) is 16.2. The number of aryl methyl sites for hydroxylation is 2. The van der Waals surface area contributed by atoms with Gasteiger partial charge >= 0.3 is 6.03 Å². The van der Waals surface area contributed by atoms with E-state index in [2.05, 4.69) is 17.3 Å². The minimum atomic E-state index is -0.0131. The highest BCUT2D eigenvalue weighted by Crippen LogP contribution is 2.23. The van der Waals surface area contributed by atoms with E-state index in [-0.39, 0.29) is 12.1 Å². The summed E-state index contributed by atoms with van der Waals surface area (Å²) in [6, 6.07) is 0.0322. The maximum Gasteiger partial charge on any atom is 0.317 e. The Morgan fingerprint density at radius 1 is 1.52 bits per heavy atom. The number of carbonyl (C=O) groups is 1. The van der Waals surface area contributed by atoms with Crippen molar-refractivity contribution in [2.24, 2.45) is 7.05 Å². The van der Waals surface area contributed by atoms with Crippen LogP contribution in [0.15, 0.2) is 0 Å². The Bertz CT molecular complexity index is 514. The first-order chi connectivity index (χ1) is 9.93. The molecule has 5 nitrogen and oxygen atoms in total. The van der Waals surface area contributed by atoms with Gasteiger partial charge in [0.1, 0.15) is 0 Å². The molecule has 21 heavy (non-hydrogen) atoms. The Labute approximate surface area is 131 Å². The summed E-state index contributed by atoms with van der Waals surface area (Å²) >= 11 is 1.97. The van der Waals surface area contributed by atoms with E-state index in [0.717, 1.165) is 42.2 Å². The maximum absolute atomic E-state index is 12.5. The number of amides is 2. The molecule has 6 heteroatoms. The minimum Gasteiger partial charge on any atom is -0.331 e. The van der Waals surface area contributed by atoms with Crippen LogP contribution in [0, 0.1) is 13.8 Å². The summed E-state index contributed by atoms with van der Waals surface area (Å²) in [5.74, 6) is 1.03. The summed E-state index contributed by atoms with van der Waals surface area (Å²) in [7, 11) is 1.94. The molecule has 0 aliphatic carbocycles. The number of rotatable bonds is 3. The van der Waals surface area contributed by atoms with Crippen LogP contribution >= 0.6 is 11.8 Å². The summed E-state index contributed by atoms with van der Waals surface area (Å²) < 4.78 is 1.87. The second kappa shape index (κ2) is 6.73. The van der Waals surface area contributed by atoms with Gasteiger partial charge in [0.25, 0.3) is 0 Å². The van der Waals surface area contributed by atoms with Gasteiger partial charge in [0, 0.05) is 42.4 Å².